The molecular formula is C27H22ClN3O3S. The van der Waals surface area contributed by atoms with Gasteiger partial charge in [0, 0.05) is 22.2 Å². The third-order valence-electron chi connectivity index (χ3n) is 5.56. The molecule has 2 aromatic heterocycles. The van der Waals surface area contributed by atoms with Crippen molar-refractivity contribution in [3.8, 4) is 17.1 Å². The van der Waals surface area contributed by atoms with Gasteiger partial charge in [-0.25, -0.2) is 9.97 Å². The summed E-state index contributed by atoms with van der Waals surface area (Å²) in [6.45, 7) is 3.01. The second-order valence-electron chi connectivity index (χ2n) is 7.99. The maximum atomic E-state index is 11.0. The maximum Gasteiger partial charge on any atom is 0.307 e. The molecule has 35 heavy (non-hydrogen) atoms. The van der Waals surface area contributed by atoms with Crippen LogP contribution in [0.3, 0.4) is 0 Å². The first-order valence-electron chi connectivity index (χ1n) is 11.2. The summed E-state index contributed by atoms with van der Waals surface area (Å²) >= 11 is 8.00. The van der Waals surface area contributed by atoms with Gasteiger partial charge < -0.3 is 15.2 Å². The molecule has 2 N–H and O–H groups in total. The van der Waals surface area contributed by atoms with Crippen LogP contribution in [-0.2, 0) is 17.8 Å². The molecule has 0 atom stereocenters. The lowest BCUT2D eigenvalue weighted by Gasteiger charge is -2.11. The van der Waals surface area contributed by atoms with E-state index in [0.29, 0.717) is 29.7 Å². The number of thiophene rings is 1. The van der Waals surface area contributed by atoms with E-state index in [-0.39, 0.29) is 6.42 Å². The van der Waals surface area contributed by atoms with Gasteiger partial charge in [-0.1, -0.05) is 60.1 Å². The molecule has 0 amide bonds. The fourth-order valence-electron chi connectivity index (χ4n) is 3.94. The van der Waals surface area contributed by atoms with Crippen molar-refractivity contribution in [2.75, 3.05) is 11.9 Å². The number of fused-ring (bicyclic) bond motifs is 3. The number of nitrogens with one attached hydrogen (secondary N) is 1. The van der Waals surface area contributed by atoms with Crippen molar-refractivity contribution in [1.82, 2.24) is 9.97 Å². The number of hydrogen-bond acceptors (Lipinski definition) is 6. The number of halogens is 1. The first-order chi connectivity index (χ1) is 17.0. The molecule has 2 heterocycles. The Kier molecular flexibility index (Phi) is 6.53. The van der Waals surface area contributed by atoms with E-state index in [9.17, 15) is 4.79 Å². The summed E-state index contributed by atoms with van der Waals surface area (Å²) in [6, 6.07) is 21.3. The van der Waals surface area contributed by atoms with E-state index in [2.05, 4.69) is 17.4 Å². The molecule has 0 fully saturated rings. The monoisotopic (exact) mass is 503 g/mol. The molecule has 176 valence electrons. The smallest absolute Gasteiger partial charge is 0.307 e. The number of carboxylic acid groups (broad SMARTS) is 1. The summed E-state index contributed by atoms with van der Waals surface area (Å²) in [5.74, 6) is 1.13. The molecule has 3 aromatic carbocycles. The van der Waals surface area contributed by atoms with Gasteiger partial charge in [0.15, 0.2) is 5.82 Å². The molecular weight excluding hydrogens is 482 g/mol. The van der Waals surface area contributed by atoms with Crippen LogP contribution in [0.5, 0.6) is 5.75 Å². The Morgan fingerprint density at radius 3 is 2.57 bits per heavy atom. The van der Waals surface area contributed by atoms with Gasteiger partial charge in [-0.15, -0.1) is 11.3 Å². The summed E-state index contributed by atoms with van der Waals surface area (Å²) in [5.41, 5.74) is 2.56. The van der Waals surface area contributed by atoms with Gasteiger partial charge >= 0.3 is 5.97 Å². The van der Waals surface area contributed by atoms with E-state index in [4.69, 9.17) is 31.4 Å². The lowest BCUT2D eigenvalue weighted by Crippen LogP contribution is -2.04. The maximum absolute atomic E-state index is 11.0. The van der Waals surface area contributed by atoms with Crippen molar-refractivity contribution < 1.29 is 14.6 Å². The fourth-order valence-corrected chi connectivity index (χ4v) is 5.27. The molecule has 0 saturated heterocycles. The van der Waals surface area contributed by atoms with Crippen LogP contribution < -0.4 is 10.1 Å². The number of benzene rings is 3. The van der Waals surface area contributed by atoms with Crippen molar-refractivity contribution in [1.29, 1.82) is 0 Å². The fraction of sp³-hybridized carbons (Fsp3) is 0.148. The highest BCUT2D eigenvalue weighted by atomic mass is 35.5. The second kappa shape index (κ2) is 9.90. The first-order valence-corrected chi connectivity index (χ1v) is 12.4. The molecule has 5 rings (SSSR count). The van der Waals surface area contributed by atoms with Gasteiger partial charge in [0.05, 0.1) is 23.4 Å². The van der Waals surface area contributed by atoms with Crippen LogP contribution in [0.15, 0.2) is 66.7 Å². The molecule has 0 aliphatic heterocycles. The van der Waals surface area contributed by atoms with E-state index in [1.54, 1.807) is 23.5 Å². The standard InChI is InChI=1S/C27H22ClN3O3S/c1-2-34-21-12-9-17(13-20(21)28)15-29-26-24-19-5-3-4-6-22(19)35-27(24)31-25(30-26)18-10-7-16(8-11-18)14-23(32)33/h3-13H,2,14-15H2,1H3,(H,32,33)(H,29,30,31). The molecule has 0 aliphatic carbocycles. The molecule has 0 saturated carbocycles. The van der Waals surface area contributed by atoms with Crippen LogP contribution in [0.2, 0.25) is 5.02 Å². The number of ether oxygens (including phenoxy) is 1. The number of nitrogens with zero attached hydrogens (tertiary/aromatic N) is 2. The molecule has 5 aromatic rings. The third kappa shape index (κ3) is 4.92. The Bertz CT molecular complexity index is 1530. The first kappa shape index (κ1) is 23.1. The average molecular weight is 504 g/mol. The Hall–Kier alpha value is -3.68. The molecule has 0 spiro atoms. The Labute approximate surface area is 211 Å². The molecule has 0 aliphatic rings. The van der Waals surface area contributed by atoms with E-state index < -0.39 is 5.97 Å². The normalized spacial score (nSPS) is 11.1. The summed E-state index contributed by atoms with van der Waals surface area (Å²) in [4.78, 5) is 21.6. The van der Waals surface area contributed by atoms with Crippen LogP contribution in [0.25, 0.3) is 31.7 Å². The zero-order valence-electron chi connectivity index (χ0n) is 18.9. The molecule has 0 unspecified atom stereocenters. The van der Waals surface area contributed by atoms with Gasteiger partial charge in [-0.2, -0.15) is 0 Å². The summed E-state index contributed by atoms with van der Waals surface area (Å²) in [6.07, 6.45) is -0.0199. The third-order valence-corrected chi connectivity index (χ3v) is 6.92. The highest BCUT2D eigenvalue weighted by molar-refractivity contribution is 7.25. The number of carboxylic acids is 1. The van der Waals surface area contributed by atoms with E-state index in [1.807, 2.05) is 49.4 Å². The minimum Gasteiger partial charge on any atom is -0.492 e. The molecule has 6 nitrogen and oxygen atoms in total. The van der Waals surface area contributed by atoms with Crippen LogP contribution in [0, 0.1) is 0 Å². The van der Waals surface area contributed by atoms with E-state index in [0.717, 1.165) is 42.8 Å². The van der Waals surface area contributed by atoms with Gasteiger partial charge in [0.25, 0.3) is 0 Å². The van der Waals surface area contributed by atoms with E-state index in [1.165, 1.54) is 0 Å². The van der Waals surface area contributed by atoms with Crippen LogP contribution >= 0.6 is 22.9 Å². The van der Waals surface area contributed by atoms with Gasteiger partial charge in [-0.05, 0) is 36.2 Å². The van der Waals surface area contributed by atoms with Crippen LogP contribution in [0.4, 0.5) is 5.82 Å². The SMILES string of the molecule is CCOc1ccc(CNc2nc(-c3ccc(CC(=O)O)cc3)nc3sc4ccccc4c23)cc1Cl. The largest absolute Gasteiger partial charge is 0.492 e. The Morgan fingerprint density at radius 2 is 1.83 bits per heavy atom. The van der Waals surface area contributed by atoms with Crippen molar-refractivity contribution in [3.05, 3.63) is 82.9 Å². The van der Waals surface area contributed by atoms with Crippen LogP contribution in [0.1, 0.15) is 18.1 Å². The summed E-state index contributed by atoms with van der Waals surface area (Å²) in [5, 5.41) is 15.2. The minimum atomic E-state index is -0.860. The number of carbonyl (C=O) groups is 1. The molecule has 0 bridgehead atoms. The van der Waals surface area contributed by atoms with Crippen LogP contribution in [-0.4, -0.2) is 27.7 Å². The van der Waals surface area contributed by atoms with E-state index >= 15 is 0 Å². The quantitative estimate of drug-likeness (QED) is 0.242. The highest BCUT2D eigenvalue weighted by Gasteiger charge is 2.16. The number of aromatic nitrogens is 2. The second-order valence-corrected chi connectivity index (χ2v) is 9.43. The van der Waals surface area contributed by atoms with Crippen molar-refractivity contribution in [2.45, 2.75) is 19.9 Å². The topological polar surface area (TPSA) is 84.3 Å². The highest BCUT2D eigenvalue weighted by Crippen LogP contribution is 2.38. The number of anilines is 1. The average Bonchev–Trinajstić information content (AvgIpc) is 3.23. The summed E-state index contributed by atoms with van der Waals surface area (Å²) < 4.78 is 6.68. The van der Waals surface area contributed by atoms with Crippen molar-refractivity contribution in [3.63, 3.8) is 0 Å². The zero-order chi connectivity index (χ0) is 24.4. The predicted molar refractivity (Wildman–Crippen MR) is 142 cm³/mol. The predicted octanol–water partition coefficient (Wildman–Crippen LogP) is 6.80. The van der Waals surface area contributed by atoms with Gasteiger partial charge in [0.2, 0.25) is 0 Å². The lowest BCUT2D eigenvalue weighted by atomic mass is 10.1. The number of hydrogen-bond donors (Lipinski definition) is 2. The lowest BCUT2D eigenvalue weighted by molar-refractivity contribution is -0.136. The van der Waals surface area contributed by atoms with Gasteiger partial charge in [0.1, 0.15) is 16.4 Å². The summed E-state index contributed by atoms with van der Waals surface area (Å²) in [7, 11) is 0. The Morgan fingerprint density at radius 1 is 1.06 bits per heavy atom. The Balaban J connectivity index is 1.53. The minimum absolute atomic E-state index is 0.0199. The van der Waals surface area contributed by atoms with Crippen molar-refractivity contribution >= 4 is 55.0 Å². The number of aliphatic carboxylic acids is 1. The molecule has 8 heteroatoms. The zero-order valence-corrected chi connectivity index (χ0v) is 20.5. The number of rotatable bonds is 8. The van der Waals surface area contributed by atoms with Gasteiger partial charge in [-0.3, -0.25) is 4.79 Å². The van der Waals surface area contributed by atoms with Crippen molar-refractivity contribution in [2.24, 2.45) is 0 Å². The molecule has 0 radical (unpaired) electrons.